The molecule has 2 aromatic rings. The summed E-state index contributed by atoms with van der Waals surface area (Å²) in [6.45, 7) is 0. The summed E-state index contributed by atoms with van der Waals surface area (Å²) in [6.07, 6.45) is -1.58. The van der Waals surface area contributed by atoms with E-state index in [-0.39, 0.29) is 17.1 Å². The number of nitrogens with two attached hydrogens (primary N) is 1. The van der Waals surface area contributed by atoms with E-state index >= 15 is 0 Å². The lowest BCUT2D eigenvalue weighted by Crippen LogP contribution is -2.25. The molecule has 0 bridgehead atoms. The summed E-state index contributed by atoms with van der Waals surface area (Å²) in [5.74, 6) is -1.65. The topological polar surface area (TPSA) is 81.8 Å². The minimum Gasteiger partial charge on any atom is -0.478 e. The number of hydrogen-bond donors (Lipinski definition) is 2. The average Bonchev–Trinajstić information content (AvgIpc) is 3.03. The van der Waals surface area contributed by atoms with Crippen LogP contribution in [0.1, 0.15) is 21.5 Å². The van der Waals surface area contributed by atoms with Gasteiger partial charge in [-0.25, -0.2) is 4.79 Å². The summed E-state index contributed by atoms with van der Waals surface area (Å²) in [5.41, 5.74) is 8.53. The summed E-state index contributed by atoms with van der Waals surface area (Å²) in [4.78, 5) is 10.5. The fourth-order valence-electron chi connectivity index (χ4n) is 2.67. The number of rotatable bonds is 1. The fraction of sp³-hybridized carbons (Fsp3) is 0.235. The summed E-state index contributed by atoms with van der Waals surface area (Å²) in [7, 11) is 0. The second-order valence-electron chi connectivity index (χ2n) is 5.57. The van der Waals surface area contributed by atoms with Gasteiger partial charge in [0.25, 0.3) is 0 Å². The lowest BCUT2D eigenvalue weighted by atomic mass is 10.1. The van der Waals surface area contributed by atoms with Gasteiger partial charge in [0, 0.05) is 6.04 Å². The third-order valence-electron chi connectivity index (χ3n) is 3.73. The Labute approximate surface area is 136 Å². The van der Waals surface area contributed by atoms with Crippen molar-refractivity contribution in [3.63, 3.8) is 0 Å². The average molecular weight is 335 g/mol. The van der Waals surface area contributed by atoms with Gasteiger partial charge in [-0.05, 0) is 42.2 Å². The van der Waals surface area contributed by atoms with E-state index in [0.29, 0.717) is 6.04 Å². The second kappa shape index (κ2) is 6.09. The van der Waals surface area contributed by atoms with Crippen LogP contribution < -0.4 is 15.2 Å². The Hall–Kier alpha value is -2.67. The molecule has 0 atom stereocenters. The van der Waals surface area contributed by atoms with Crippen molar-refractivity contribution in [1.29, 1.82) is 0 Å². The first kappa shape index (κ1) is 16.2. The smallest absolute Gasteiger partial charge is 0.478 e. The molecule has 1 aliphatic carbocycles. The molecule has 126 valence electrons. The van der Waals surface area contributed by atoms with E-state index in [2.05, 4.69) is 33.7 Å². The molecule has 0 unspecified atom stereocenters. The van der Waals surface area contributed by atoms with Gasteiger partial charge in [-0.2, -0.15) is 0 Å². The van der Waals surface area contributed by atoms with Crippen LogP contribution in [0.5, 0.6) is 11.5 Å². The van der Waals surface area contributed by atoms with Crippen LogP contribution >= 0.6 is 0 Å². The number of alkyl halides is 2. The Bertz CT molecular complexity index is 754. The van der Waals surface area contributed by atoms with Crippen molar-refractivity contribution >= 4 is 5.97 Å². The minimum atomic E-state index is -3.71. The zero-order valence-corrected chi connectivity index (χ0v) is 12.5. The third-order valence-corrected chi connectivity index (χ3v) is 3.73. The van der Waals surface area contributed by atoms with Crippen molar-refractivity contribution in [2.45, 2.75) is 25.2 Å². The zero-order chi connectivity index (χ0) is 17.3. The minimum absolute atomic E-state index is 0.134. The van der Waals surface area contributed by atoms with Crippen LogP contribution in [-0.2, 0) is 12.8 Å². The SMILES string of the molecule is NC1Cc2ccccc2C1.O=C(O)c1ccc2c(c1)OC(F)(F)O2. The number of carboxylic acids is 1. The standard InChI is InChI=1S/C9H11N.C8H4F2O4/c10-9-5-7-3-1-2-4-8(7)6-9;9-8(10)13-5-2-1-4(7(11)12)3-6(5)14-8/h1-4,9H,5-6,10H2;1-3H,(H,11,12). The molecule has 5 nitrogen and oxygen atoms in total. The molecule has 4 rings (SSSR count). The van der Waals surface area contributed by atoms with Gasteiger partial charge in [0.2, 0.25) is 0 Å². The Morgan fingerprint density at radius 1 is 1.08 bits per heavy atom. The molecule has 0 saturated heterocycles. The van der Waals surface area contributed by atoms with E-state index in [4.69, 9.17) is 10.8 Å². The first-order valence-corrected chi connectivity index (χ1v) is 7.29. The molecule has 2 aliphatic rings. The molecular weight excluding hydrogens is 320 g/mol. The van der Waals surface area contributed by atoms with Crippen LogP contribution in [0.15, 0.2) is 42.5 Å². The molecule has 0 aromatic heterocycles. The summed E-state index contributed by atoms with van der Waals surface area (Å²) < 4.78 is 33.1. The Morgan fingerprint density at radius 3 is 2.25 bits per heavy atom. The van der Waals surface area contributed by atoms with Gasteiger partial charge in [-0.3, -0.25) is 0 Å². The van der Waals surface area contributed by atoms with Crippen molar-refractivity contribution in [3.05, 3.63) is 59.2 Å². The number of carboxylic acid groups (broad SMARTS) is 1. The normalized spacial score (nSPS) is 17.0. The van der Waals surface area contributed by atoms with Crippen LogP contribution in [0.25, 0.3) is 0 Å². The van der Waals surface area contributed by atoms with Crippen LogP contribution in [0.4, 0.5) is 8.78 Å². The maximum Gasteiger partial charge on any atom is 0.586 e. The molecule has 0 fully saturated rings. The highest BCUT2D eigenvalue weighted by molar-refractivity contribution is 5.88. The van der Waals surface area contributed by atoms with Crippen LogP contribution in [0, 0.1) is 0 Å². The van der Waals surface area contributed by atoms with Crippen LogP contribution in [-0.4, -0.2) is 23.4 Å². The number of aromatic carboxylic acids is 1. The van der Waals surface area contributed by atoms with Crippen molar-refractivity contribution in [2.75, 3.05) is 0 Å². The first-order valence-electron chi connectivity index (χ1n) is 7.29. The molecular formula is C17H15F2NO4. The van der Waals surface area contributed by atoms with E-state index < -0.39 is 12.3 Å². The molecule has 2 aromatic carbocycles. The first-order chi connectivity index (χ1) is 11.3. The third kappa shape index (κ3) is 3.46. The Morgan fingerprint density at radius 2 is 1.67 bits per heavy atom. The van der Waals surface area contributed by atoms with Gasteiger partial charge in [0.05, 0.1) is 5.56 Å². The summed E-state index contributed by atoms with van der Waals surface area (Å²) >= 11 is 0. The maximum atomic E-state index is 12.5. The highest BCUT2D eigenvalue weighted by Gasteiger charge is 2.43. The maximum absolute atomic E-state index is 12.5. The Kier molecular flexibility index (Phi) is 4.11. The van der Waals surface area contributed by atoms with Crippen LogP contribution in [0.3, 0.4) is 0 Å². The highest BCUT2D eigenvalue weighted by Crippen LogP contribution is 2.41. The molecule has 7 heteroatoms. The van der Waals surface area contributed by atoms with Crippen LogP contribution in [0.2, 0.25) is 0 Å². The van der Waals surface area contributed by atoms with E-state index in [9.17, 15) is 13.6 Å². The van der Waals surface area contributed by atoms with Crippen molar-refractivity contribution in [1.82, 2.24) is 0 Å². The number of carbonyl (C=O) groups is 1. The predicted octanol–water partition coefficient (Wildman–Crippen LogP) is 2.82. The predicted molar refractivity (Wildman–Crippen MR) is 81.4 cm³/mol. The largest absolute Gasteiger partial charge is 0.586 e. The number of halogens is 2. The zero-order valence-electron chi connectivity index (χ0n) is 12.5. The van der Waals surface area contributed by atoms with Gasteiger partial charge in [-0.1, -0.05) is 24.3 Å². The van der Waals surface area contributed by atoms with E-state index in [1.165, 1.54) is 11.1 Å². The Balaban J connectivity index is 0.000000149. The lowest BCUT2D eigenvalue weighted by Gasteiger charge is -2.04. The molecule has 1 aliphatic heterocycles. The second-order valence-corrected chi connectivity index (χ2v) is 5.57. The van der Waals surface area contributed by atoms with Gasteiger partial charge in [-0.15, -0.1) is 8.78 Å². The van der Waals surface area contributed by atoms with Crippen molar-refractivity contribution < 1.29 is 28.2 Å². The monoisotopic (exact) mass is 335 g/mol. The molecule has 3 N–H and O–H groups in total. The summed E-state index contributed by atoms with van der Waals surface area (Å²) in [5, 5.41) is 8.56. The fourth-order valence-corrected chi connectivity index (χ4v) is 2.67. The molecule has 0 spiro atoms. The van der Waals surface area contributed by atoms with E-state index in [0.717, 1.165) is 31.0 Å². The quantitative estimate of drug-likeness (QED) is 0.837. The summed E-state index contributed by atoms with van der Waals surface area (Å²) in [6, 6.07) is 12.1. The van der Waals surface area contributed by atoms with Gasteiger partial charge < -0.3 is 20.3 Å². The number of fused-ring (bicyclic) bond motifs is 2. The number of hydrogen-bond acceptors (Lipinski definition) is 4. The number of ether oxygens (including phenoxy) is 2. The van der Waals surface area contributed by atoms with Crippen molar-refractivity contribution in [3.8, 4) is 11.5 Å². The number of benzene rings is 2. The van der Waals surface area contributed by atoms with E-state index in [1.54, 1.807) is 0 Å². The molecule has 0 radical (unpaired) electrons. The van der Waals surface area contributed by atoms with Gasteiger partial charge in [0.1, 0.15) is 0 Å². The molecule has 1 heterocycles. The lowest BCUT2D eigenvalue weighted by molar-refractivity contribution is -0.286. The molecule has 0 saturated carbocycles. The van der Waals surface area contributed by atoms with E-state index in [1.807, 2.05) is 0 Å². The molecule has 24 heavy (non-hydrogen) atoms. The highest BCUT2D eigenvalue weighted by atomic mass is 19.3. The van der Waals surface area contributed by atoms with Gasteiger partial charge >= 0.3 is 12.3 Å². The van der Waals surface area contributed by atoms with Crippen molar-refractivity contribution in [2.24, 2.45) is 5.73 Å². The van der Waals surface area contributed by atoms with Gasteiger partial charge in [0.15, 0.2) is 11.5 Å². The molecule has 0 amide bonds.